The van der Waals surface area contributed by atoms with Gasteiger partial charge in [-0.2, -0.15) is 4.98 Å². The van der Waals surface area contributed by atoms with Crippen molar-refractivity contribution in [3.8, 4) is 17.3 Å². The van der Waals surface area contributed by atoms with Gasteiger partial charge in [-0.1, -0.05) is 6.07 Å². The van der Waals surface area contributed by atoms with Gasteiger partial charge < -0.3 is 15.8 Å². The second-order valence-electron chi connectivity index (χ2n) is 6.84. The van der Waals surface area contributed by atoms with E-state index in [1.165, 1.54) is 19.2 Å². The Morgan fingerprint density at radius 1 is 1.24 bits per heavy atom. The zero-order chi connectivity index (χ0) is 20.7. The number of carbonyl (C=O) groups is 1. The summed E-state index contributed by atoms with van der Waals surface area (Å²) in [5.74, 6) is 0.0867. The first-order chi connectivity index (χ1) is 13.9. The number of fused-ring (bicyclic) bond motifs is 1. The van der Waals surface area contributed by atoms with E-state index in [1.807, 2.05) is 6.92 Å². The fourth-order valence-electron chi connectivity index (χ4n) is 3.55. The fraction of sp³-hybridized carbons (Fsp3) is 0.250. The van der Waals surface area contributed by atoms with Crippen molar-refractivity contribution in [1.29, 1.82) is 0 Å². The van der Waals surface area contributed by atoms with Crippen LogP contribution in [0.2, 0.25) is 0 Å². The quantitative estimate of drug-likeness (QED) is 0.700. The average molecular weight is 394 g/mol. The van der Waals surface area contributed by atoms with Gasteiger partial charge in [-0.05, 0) is 31.5 Å². The lowest BCUT2D eigenvalue weighted by molar-refractivity contribution is 0.0922. The van der Waals surface area contributed by atoms with Gasteiger partial charge >= 0.3 is 0 Å². The van der Waals surface area contributed by atoms with E-state index in [9.17, 15) is 9.18 Å². The lowest BCUT2D eigenvalue weighted by atomic mass is 9.91. The SMILES string of the molecule is COc1nc(-c2cc(F)ccc2C2Cc3nc(N)nc(C)c3C(=O)N2)ncc1C. The molecule has 0 bridgehead atoms. The number of hydrogen-bond donors (Lipinski definition) is 2. The van der Waals surface area contributed by atoms with E-state index >= 15 is 0 Å². The van der Waals surface area contributed by atoms with Crippen LogP contribution in [0.25, 0.3) is 11.4 Å². The van der Waals surface area contributed by atoms with Crippen LogP contribution in [0.3, 0.4) is 0 Å². The molecule has 0 fully saturated rings. The topological polar surface area (TPSA) is 116 Å². The van der Waals surface area contributed by atoms with Crippen LogP contribution in [-0.4, -0.2) is 33.0 Å². The van der Waals surface area contributed by atoms with Crippen molar-refractivity contribution in [2.24, 2.45) is 0 Å². The molecule has 3 aromatic rings. The van der Waals surface area contributed by atoms with Crippen LogP contribution in [0.5, 0.6) is 5.88 Å². The second kappa shape index (κ2) is 7.08. The summed E-state index contributed by atoms with van der Waals surface area (Å²) >= 11 is 0. The number of methoxy groups -OCH3 is 1. The molecule has 1 aromatic carbocycles. The number of hydrogen-bond acceptors (Lipinski definition) is 7. The molecule has 0 aliphatic carbocycles. The highest BCUT2D eigenvalue weighted by Crippen LogP contribution is 2.33. The first-order valence-corrected chi connectivity index (χ1v) is 8.98. The van der Waals surface area contributed by atoms with E-state index < -0.39 is 11.9 Å². The van der Waals surface area contributed by atoms with Crippen molar-refractivity contribution in [2.75, 3.05) is 12.8 Å². The third-order valence-electron chi connectivity index (χ3n) is 4.86. The first kappa shape index (κ1) is 18.7. The molecule has 1 aliphatic rings. The molecule has 4 rings (SSSR count). The van der Waals surface area contributed by atoms with Crippen LogP contribution in [0.4, 0.5) is 10.3 Å². The van der Waals surface area contributed by atoms with Crippen molar-refractivity contribution in [3.05, 3.63) is 58.3 Å². The Kier molecular flexibility index (Phi) is 4.57. The number of nitrogens with zero attached hydrogens (tertiary/aromatic N) is 4. The summed E-state index contributed by atoms with van der Waals surface area (Å²) in [6.07, 6.45) is 2.00. The number of aromatic nitrogens is 4. The zero-order valence-electron chi connectivity index (χ0n) is 16.2. The molecular weight excluding hydrogens is 375 g/mol. The van der Waals surface area contributed by atoms with Gasteiger partial charge in [-0.3, -0.25) is 4.79 Å². The van der Waals surface area contributed by atoms with Gasteiger partial charge in [-0.15, -0.1) is 0 Å². The number of nitrogens with two attached hydrogens (primary N) is 1. The molecule has 1 unspecified atom stereocenters. The predicted molar refractivity (Wildman–Crippen MR) is 104 cm³/mol. The third kappa shape index (κ3) is 3.35. The molecular formula is C20H19FN6O2. The van der Waals surface area contributed by atoms with E-state index in [4.69, 9.17) is 10.5 Å². The van der Waals surface area contributed by atoms with Gasteiger partial charge in [0.2, 0.25) is 11.8 Å². The monoisotopic (exact) mass is 394 g/mol. The van der Waals surface area contributed by atoms with E-state index in [-0.39, 0.29) is 11.9 Å². The van der Waals surface area contributed by atoms with E-state index in [0.29, 0.717) is 46.2 Å². The molecule has 0 saturated heterocycles. The number of aryl methyl sites for hydroxylation is 2. The standard InChI is InChI=1S/C20H19FN6O2/c1-9-8-23-17(27-19(9)29-3)13-6-11(21)4-5-12(13)14-7-15-16(18(28)25-14)10(2)24-20(22)26-15/h4-6,8,14H,7H2,1-3H3,(H,25,28)(H2,22,24,26). The number of benzene rings is 1. The Balaban J connectivity index is 1.82. The molecule has 1 aliphatic heterocycles. The maximum atomic E-state index is 14.1. The molecule has 0 radical (unpaired) electrons. The Labute approximate surface area is 166 Å². The second-order valence-corrected chi connectivity index (χ2v) is 6.84. The molecule has 148 valence electrons. The van der Waals surface area contributed by atoms with Crippen molar-refractivity contribution < 1.29 is 13.9 Å². The summed E-state index contributed by atoms with van der Waals surface area (Å²) in [4.78, 5) is 29.7. The number of carbonyl (C=O) groups excluding carboxylic acids is 1. The highest BCUT2D eigenvalue weighted by Gasteiger charge is 2.31. The Hall–Kier alpha value is -3.62. The summed E-state index contributed by atoms with van der Waals surface area (Å²) in [7, 11) is 1.51. The maximum Gasteiger partial charge on any atom is 0.255 e. The molecule has 3 heterocycles. The van der Waals surface area contributed by atoms with Gasteiger partial charge in [-0.25, -0.2) is 19.3 Å². The van der Waals surface area contributed by atoms with Gasteiger partial charge in [0.15, 0.2) is 5.82 Å². The van der Waals surface area contributed by atoms with E-state index in [0.717, 1.165) is 5.56 Å². The number of rotatable bonds is 3. The average Bonchev–Trinajstić information content (AvgIpc) is 2.67. The lowest BCUT2D eigenvalue weighted by Crippen LogP contribution is -2.37. The van der Waals surface area contributed by atoms with Gasteiger partial charge in [0.25, 0.3) is 5.91 Å². The summed E-state index contributed by atoms with van der Waals surface area (Å²) in [5.41, 5.74) is 9.17. The molecule has 2 aromatic heterocycles. The van der Waals surface area contributed by atoms with Crippen LogP contribution < -0.4 is 15.8 Å². The van der Waals surface area contributed by atoms with Crippen molar-refractivity contribution >= 4 is 11.9 Å². The summed E-state index contributed by atoms with van der Waals surface area (Å²) < 4.78 is 19.3. The number of anilines is 1. The molecule has 0 spiro atoms. The van der Waals surface area contributed by atoms with E-state index in [2.05, 4.69) is 25.3 Å². The van der Waals surface area contributed by atoms with Crippen LogP contribution >= 0.6 is 0 Å². The largest absolute Gasteiger partial charge is 0.481 e. The fourth-order valence-corrected chi connectivity index (χ4v) is 3.55. The molecule has 9 heteroatoms. The molecule has 29 heavy (non-hydrogen) atoms. The minimum absolute atomic E-state index is 0.112. The van der Waals surface area contributed by atoms with Crippen LogP contribution in [0.1, 0.15) is 38.9 Å². The molecule has 8 nitrogen and oxygen atoms in total. The minimum Gasteiger partial charge on any atom is -0.481 e. The molecule has 1 atom stereocenters. The normalized spacial score (nSPS) is 15.6. The van der Waals surface area contributed by atoms with Crippen LogP contribution in [0, 0.1) is 19.7 Å². The highest BCUT2D eigenvalue weighted by molar-refractivity contribution is 5.98. The summed E-state index contributed by atoms with van der Waals surface area (Å²) in [6.45, 7) is 3.53. The van der Waals surface area contributed by atoms with Crippen LogP contribution in [0.15, 0.2) is 24.4 Å². The maximum absolute atomic E-state index is 14.1. The van der Waals surface area contributed by atoms with Gasteiger partial charge in [0.05, 0.1) is 30.1 Å². The van der Waals surface area contributed by atoms with E-state index in [1.54, 1.807) is 19.2 Å². The van der Waals surface area contributed by atoms with Crippen molar-refractivity contribution in [1.82, 2.24) is 25.3 Å². The number of ether oxygens (including phenoxy) is 1. The van der Waals surface area contributed by atoms with Gasteiger partial charge in [0, 0.05) is 23.7 Å². The summed E-state index contributed by atoms with van der Waals surface area (Å²) in [5, 5.41) is 2.95. The number of nitrogen functional groups attached to an aromatic ring is 1. The smallest absolute Gasteiger partial charge is 0.255 e. The number of amides is 1. The Morgan fingerprint density at radius 3 is 2.79 bits per heavy atom. The molecule has 0 saturated carbocycles. The third-order valence-corrected chi connectivity index (χ3v) is 4.86. The minimum atomic E-state index is -0.449. The van der Waals surface area contributed by atoms with Crippen molar-refractivity contribution in [2.45, 2.75) is 26.3 Å². The predicted octanol–water partition coefficient (Wildman–Crippen LogP) is 2.31. The summed E-state index contributed by atoms with van der Waals surface area (Å²) in [6, 6.07) is 3.86. The zero-order valence-corrected chi connectivity index (χ0v) is 16.2. The highest BCUT2D eigenvalue weighted by atomic mass is 19.1. The Bertz CT molecular complexity index is 1130. The first-order valence-electron chi connectivity index (χ1n) is 8.98. The molecule has 1 amide bonds. The Morgan fingerprint density at radius 2 is 2.03 bits per heavy atom. The van der Waals surface area contributed by atoms with Crippen LogP contribution in [-0.2, 0) is 6.42 Å². The van der Waals surface area contributed by atoms with Crippen molar-refractivity contribution in [3.63, 3.8) is 0 Å². The number of nitrogens with one attached hydrogen (secondary N) is 1. The molecule has 3 N–H and O–H groups in total. The lowest BCUT2D eigenvalue weighted by Gasteiger charge is -2.27. The van der Waals surface area contributed by atoms with Gasteiger partial charge in [0.1, 0.15) is 5.82 Å². The number of halogens is 1.